The summed E-state index contributed by atoms with van der Waals surface area (Å²) in [5, 5.41) is 62.4. The Labute approximate surface area is 849 Å². The maximum absolute atomic E-state index is 11.0. The van der Waals surface area contributed by atoms with Gasteiger partial charge in [0.05, 0.1) is 33.0 Å². The number of rotatable bonds is 71. The molecule has 0 saturated carbocycles. The topological polar surface area (TPSA) is 616 Å². The maximum Gasteiger partial charge on any atom is 0.330 e. The van der Waals surface area contributed by atoms with Crippen LogP contribution in [-0.4, -0.2) is 286 Å². The average molecular weight is 2000 g/mol. The molecule has 0 aromatic carbocycles. The van der Waals surface area contributed by atoms with Crippen molar-refractivity contribution in [1.29, 1.82) is 0 Å². The summed E-state index contributed by atoms with van der Waals surface area (Å²) in [4.78, 5) is 116. The highest BCUT2D eigenvalue weighted by atomic mass is 16.5. The Kier molecular flexibility index (Phi) is 74.8. The molecule has 0 atom stereocenters. The zero-order valence-electron chi connectivity index (χ0n) is 88.0. The van der Waals surface area contributed by atoms with Crippen molar-refractivity contribution in [2.75, 3.05) is 276 Å². The lowest BCUT2D eigenvalue weighted by Gasteiger charge is -2.27. The number of esters is 2. The number of unbranched alkanes of at least 4 members (excludes halogenated alkanes) is 13. The number of aromatic nitrogens is 21. The van der Waals surface area contributed by atoms with Gasteiger partial charge in [-0.2, -0.15) is 105 Å². The Balaban J connectivity index is 0.000000568. The van der Waals surface area contributed by atoms with Crippen LogP contribution >= 0.6 is 0 Å². The second kappa shape index (κ2) is 85.2. The summed E-state index contributed by atoms with van der Waals surface area (Å²) in [5.74, 6) is 10.2. The number of hydrogen-bond acceptors (Lipinski definition) is 48. The Morgan fingerprint density at radius 3 is 0.853 bits per heavy atom. The van der Waals surface area contributed by atoms with Crippen molar-refractivity contribution in [3.8, 4) is 0 Å². The van der Waals surface area contributed by atoms with Crippen LogP contribution in [0.1, 0.15) is 244 Å². The lowest BCUT2D eigenvalue weighted by molar-refractivity contribution is -0.138. The first-order valence-corrected chi connectivity index (χ1v) is 51.2. The van der Waals surface area contributed by atoms with Crippen molar-refractivity contribution in [3.05, 3.63) is 63.4 Å². The van der Waals surface area contributed by atoms with Gasteiger partial charge in [0.1, 0.15) is 6.61 Å². The lowest BCUT2D eigenvalue weighted by atomic mass is 10.2. The predicted molar refractivity (Wildman–Crippen MR) is 587 cm³/mol. The predicted octanol–water partition coefficient (Wildman–Crippen LogP) is 14.5. The molecule has 0 amide bonds. The molecular formula is C95H174N42O6. The lowest BCUT2D eigenvalue weighted by Crippen LogP contribution is -2.37. The molecule has 48 heteroatoms. The van der Waals surface area contributed by atoms with Crippen molar-refractivity contribution < 1.29 is 28.9 Å². The number of nitrogens with zero attached hydrogens (tertiary/aromatic N) is 23. The van der Waals surface area contributed by atoms with E-state index >= 15 is 0 Å². The minimum Gasteiger partial charge on any atom is -0.463 e. The van der Waals surface area contributed by atoms with Crippen LogP contribution in [0.2, 0.25) is 0 Å². The summed E-state index contributed by atoms with van der Waals surface area (Å²) in [6.07, 6.45) is 34.3. The number of anilines is 21. The molecule has 1 saturated heterocycles. The Morgan fingerprint density at radius 1 is 0.329 bits per heavy atom. The summed E-state index contributed by atoms with van der Waals surface area (Å²) in [6, 6.07) is 0. The van der Waals surface area contributed by atoms with Crippen LogP contribution in [0.15, 0.2) is 63.4 Å². The van der Waals surface area contributed by atoms with Gasteiger partial charge in [-0.1, -0.05) is 179 Å². The second-order valence-electron chi connectivity index (χ2n) is 31.8. The van der Waals surface area contributed by atoms with Crippen LogP contribution in [-0.2, 0) is 23.8 Å². The largest absolute Gasteiger partial charge is 0.463 e. The van der Waals surface area contributed by atoms with Gasteiger partial charge >= 0.3 is 11.9 Å². The molecule has 1 aliphatic rings. The first kappa shape index (κ1) is 125. The Bertz CT molecular complexity index is 4300. The molecule has 0 unspecified atom stereocenters. The number of hydrogen-bond donors (Lipinski definition) is 20. The van der Waals surface area contributed by atoms with Crippen LogP contribution in [0.5, 0.6) is 0 Å². The molecule has 143 heavy (non-hydrogen) atoms. The summed E-state index contributed by atoms with van der Waals surface area (Å²) in [7, 11) is 1.79. The number of carbonyl (C=O) groups is 2. The molecule has 7 aromatic rings. The third kappa shape index (κ3) is 63.1. The van der Waals surface area contributed by atoms with E-state index in [-0.39, 0.29) is 31.1 Å². The van der Waals surface area contributed by atoms with E-state index < -0.39 is 5.97 Å². The van der Waals surface area contributed by atoms with Crippen LogP contribution in [0.3, 0.4) is 0 Å². The maximum atomic E-state index is 11.0. The van der Waals surface area contributed by atoms with Crippen LogP contribution in [0.4, 0.5) is 125 Å². The minimum absolute atomic E-state index is 0.0445. The second-order valence-corrected chi connectivity index (χ2v) is 31.8. The van der Waals surface area contributed by atoms with E-state index in [1.54, 1.807) is 25.4 Å². The number of nitrogens with one attached hydrogen (secondary N) is 17. The quantitative estimate of drug-likeness (QED) is 0.00728. The van der Waals surface area contributed by atoms with Gasteiger partial charge < -0.3 is 131 Å². The molecule has 0 aliphatic carbocycles. The van der Waals surface area contributed by atoms with Crippen LogP contribution in [0, 0.1) is 0 Å². The van der Waals surface area contributed by atoms with Gasteiger partial charge in [-0.3, -0.25) is 0 Å². The highest BCUT2D eigenvalue weighted by molar-refractivity contribution is 5.81. The van der Waals surface area contributed by atoms with Crippen LogP contribution in [0.25, 0.3) is 0 Å². The number of aliphatic hydroxyl groups is 1. The van der Waals surface area contributed by atoms with E-state index in [1.807, 2.05) is 11.8 Å². The molecule has 48 nitrogen and oxygen atoms in total. The molecule has 7 aromatic heterocycles. The van der Waals surface area contributed by atoms with E-state index in [0.29, 0.717) is 140 Å². The zero-order valence-corrected chi connectivity index (χ0v) is 88.0. The molecular weight excluding hydrogens is 1830 g/mol. The summed E-state index contributed by atoms with van der Waals surface area (Å²) < 4.78 is 15.3. The number of ether oxygens (including phenoxy) is 3. The van der Waals surface area contributed by atoms with Gasteiger partial charge in [0.15, 0.2) is 0 Å². The van der Waals surface area contributed by atoms with Gasteiger partial charge in [-0.25, -0.2) is 9.59 Å². The molecule has 1 aliphatic heterocycles. The van der Waals surface area contributed by atoms with Crippen molar-refractivity contribution >= 4 is 137 Å². The molecule has 0 radical (unpaired) electrons. The fourth-order valence-corrected chi connectivity index (χ4v) is 11.4. The molecule has 1 fully saturated rings. The summed E-state index contributed by atoms with van der Waals surface area (Å²) in [6.45, 7) is 60.0. The number of nitrogen functional groups attached to an aromatic ring is 2. The van der Waals surface area contributed by atoms with E-state index in [1.165, 1.54) is 6.08 Å². The van der Waals surface area contributed by atoms with Crippen molar-refractivity contribution in [2.24, 2.45) is 0 Å². The zero-order chi connectivity index (χ0) is 105. The molecule has 0 spiro atoms. The fraction of sp³-hybridized carbons (Fsp3) is 0.653. The van der Waals surface area contributed by atoms with Crippen LogP contribution < -0.4 is 112 Å². The van der Waals surface area contributed by atoms with E-state index in [2.05, 4.69) is 309 Å². The first-order valence-electron chi connectivity index (χ1n) is 51.2. The van der Waals surface area contributed by atoms with Crippen molar-refractivity contribution in [3.63, 3.8) is 0 Å². The number of aliphatic hydroxyl groups excluding tert-OH is 1. The van der Waals surface area contributed by atoms with Gasteiger partial charge in [0.25, 0.3) is 0 Å². The van der Waals surface area contributed by atoms with E-state index in [4.69, 9.17) is 30.8 Å². The van der Waals surface area contributed by atoms with Crippen molar-refractivity contribution in [1.82, 2.24) is 105 Å². The molecule has 8 heterocycles. The van der Waals surface area contributed by atoms with E-state index in [9.17, 15) is 9.59 Å². The van der Waals surface area contributed by atoms with Gasteiger partial charge in [0, 0.05) is 137 Å². The molecule has 8 rings (SSSR count). The van der Waals surface area contributed by atoms with Gasteiger partial charge in [-0.05, 0) is 103 Å². The normalized spacial score (nSPS) is 10.8. The molecule has 800 valence electrons. The summed E-state index contributed by atoms with van der Waals surface area (Å²) >= 11 is 0. The highest BCUT2D eigenvalue weighted by Gasteiger charge is 2.19. The standard InChI is InChI=1S/C19H34N6O2.C16H28N6O2.C15H28N6O.C13H26N6O.C13H24N6.C10H20N6.C9H14N6/c1-4-7-12-20-17-23-18(21-13-8-5-2)25-19(24-17)22-14-10-9-11-15-27-16(26)6-3;1-4-7-9-17-14-20-15(18-10-8-5-2)22-16(21-14)19-11-12-24-13(23)6-3;1-3-5-7-16-13-18-14(17-8-6-4-2)20-15(19-13)21-9-11-22-12-10-21;1-3-5-7-14-11-17-12(15-8-6-4-2)19-13(18-11)16-9-10-20;1-4-7-9-15-12-17-11(14-6-3)18-13(19-12)16-10-8-5-2;1-4-6-7-13-10-15-8(11-3)14-9(16-10)12-5-2;1-3-5-15(6-4-2)9-13-7(10)12-8(11)14-9/h6H,3-5,7-15H2,1-2H3,(H3,20,21,22,23,24,25);6H,3-5,7-12H2,1-2H3,(H3,17,18,19,20,21,22);3-12H2,1-2H3,(H2,16,17,18,19,20);20H,3-10H2,1-2H3,(H3,14,15,16,17,18,19);6H,3-5,7-10H2,1-2H3,(H3,14,15,16,17,18,19);4-7H2,1-3H3,(H3,11,12,13,14,15,16);3-4H,1-2,5-6H2,(H4,10,11,12,13,14). The van der Waals surface area contributed by atoms with E-state index in [0.717, 1.165) is 284 Å². The average Bonchev–Trinajstić information content (AvgIpc) is 0.844. The molecule has 22 N–H and O–H groups in total. The van der Waals surface area contributed by atoms with Crippen molar-refractivity contribution in [2.45, 2.75) is 244 Å². The SMILES string of the molecule is C=CC(=O)OCCCCCNc1nc(NCCCC)nc(NCCCC)n1.C=CC(=O)OCCNc1nc(NCCCC)nc(NCCCC)n1.C=CCN(CC=C)c1nc(N)nc(N)n1.C=CNc1nc(NCCCC)nc(NCCCC)n1.CCCCNc1nc(NC)nc(NCC)n1.CCCCNc1nc(NCCCC)nc(N2CCOCC2)n1.CCCCNc1nc(NCCO)nc(NCCCC)n1. The molecule has 0 bridgehead atoms. The van der Waals surface area contributed by atoms with Gasteiger partial charge in [0.2, 0.25) is 125 Å². The third-order valence-corrected chi connectivity index (χ3v) is 19.2. The highest BCUT2D eigenvalue weighted by Crippen LogP contribution is 2.20. The first-order chi connectivity index (χ1) is 69.8. The Hall–Kier alpha value is -13.6. The fourth-order valence-electron chi connectivity index (χ4n) is 11.4. The third-order valence-electron chi connectivity index (χ3n) is 19.2. The number of carbonyl (C=O) groups excluding carboxylic acids is 2. The Morgan fingerprint density at radius 2 is 0.587 bits per heavy atom. The number of morpholine rings is 1. The van der Waals surface area contributed by atoms with Gasteiger partial charge in [-0.15, -0.1) is 13.2 Å². The summed E-state index contributed by atoms with van der Waals surface area (Å²) in [5.41, 5.74) is 10.9. The number of nitrogens with two attached hydrogens (primary N) is 2. The monoisotopic (exact) mass is 2000 g/mol. The minimum atomic E-state index is -0.448. The smallest absolute Gasteiger partial charge is 0.330 e.